The average molecular weight is 210 g/mol. The molecule has 3 heteroatoms. The summed E-state index contributed by atoms with van der Waals surface area (Å²) in [5.41, 5.74) is 7.32. The zero-order valence-electron chi connectivity index (χ0n) is 8.92. The molecule has 1 aromatic heterocycles. The number of aryl methyl sites for hydroxylation is 1. The van der Waals surface area contributed by atoms with Crippen molar-refractivity contribution in [1.82, 2.24) is 4.98 Å². The first-order valence-electron chi connectivity index (χ1n) is 5.48. The number of hydrogen-bond donors (Lipinski definition) is 1. The van der Waals surface area contributed by atoms with Gasteiger partial charge in [0.25, 0.3) is 0 Å². The van der Waals surface area contributed by atoms with Crippen LogP contribution in [0.3, 0.4) is 0 Å². The van der Waals surface area contributed by atoms with Gasteiger partial charge in [-0.25, -0.2) is 4.98 Å². The summed E-state index contributed by atoms with van der Waals surface area (Å²) in [6.45, 7) is 4.41. The standard InChI is InChI=1S/C11H18N2S/c1-3-7-5-8(12)11-9(6-7)14-10(4-2)13-11/h7-8H,3-6,12H2,1-2H3. The largest absolute Gasteiger partial charge is 0.323 e. The zero-order chi connectivity index (χ0) is 10.1. The van der Waals surface area contributed by atoms with Crippen LogP contribution in [0.15, 0.2) is 0 Å². The van der Waals surface area contributed by atoms with Crippen molar-refractivity contribution in [2.45, 2.75) is 45.6 Å². The van der Waals surface area contributed by atoms with E-state index in [1.807, 2.05) is 11.3 Å². The molecule has 0 fully saturated rings. The molecule has 0 aromatic carbocycles. The lowest BCUT2D eigenvalue weighted by atomic mass is 9.86. The molecule has 0 saturated carbocycles. The van der Waals surface area contributed by atoms with Crippen LogP contribution in [0.1, 0.15) is 48.3 Å². The fourth-order valence-electron chi connectivity index (χ4n) is 2.13. The SMILES string of the molecule is CCc1nc2c(s1)CC(CC)CC2N. The number of aromatic nitrogens is 1. The fraction of sp³-hybridized carbons (Fsp3) is 0.727. The van der Waals surface area contributed by atoms with Crippen LogP contribution in [-0.4, -0.2) is 4.98 Å². The molecule has 0 spiro atoms. The molecule has 1 aliphatic rings. The normalized spacial score (nSPS) is 26.2. The number of thiazole rings is 1. The molecule has 1 heterocycles. The van der Waals surface area contributed by atoms with Gasteiger partial charge in [-0.2, -0.15) is 0 Å². The summed E-state index contributed by atoms with van der Waals surface area (Å²) in [7, 11) is 0. The summed E-state index contributed by atoms with van der Waals surface area (Å²) in [5, 5.41) is 1.25. The topological polar surface area (TPSA) is 38.9 Å². The Morgan fingerprint density at radius 1 is 1.50 bits per heavy atom. The van der Waals surface area contributed by atoms with Gasteiger partial charge >= 0.3 is 0 Å². The van der Waals surface area contributed by atoms with E-state index in [1.54, 1.807) is 0 Å². The van der Waals surface area contributed by atoms with Crippen molar-refractivity contribution in [2.75, 3.05) is 0 Å². The third-order valence-corrected chi connectivity index (χ3v) is 4.30. The van der Waals surface area contributed by atoms with Crippen LogP contribution in [0.5, 0.6) is 0 Å². The lowest BCUT2D eigenvalue weighted by molar-refractivity contribution is 0.395. The van der Waals surface area contributed by atoms with Crippen molar-refractivity contribution in [1.29, 1.82) is 0 Å². The fourth-order valence-corrected chi connectivity index (χ4v) is 3.32. The third kappa shape index (κ3) is 1.71. The molecule has 0 radical (unpaired) electrons. The van der Waals surface area contributed by atoms with Gasteiger partial charge in [0.15, 0.2) is 0 Å². The van der Waals surface area contributed by atoms with Crippen LogP contribution in [0.2, 0.25) is 0 Å². The Labute approximate surface area is 89.5 Å². The van der Waals surface area contributed by atoms with E-state index in [0.29, 0.717) is 0 Å². The summed E-state index contributed by atoms with van der Waals surface area (Å²) in [4.78, 5) is 6.06. The minimum Gasteiger partial charge on any atom is -0.323 e. The molecule has 78 valence electrons. The molecule has 2 N–H and O–H groups in total. The average Bonchev–Trinajstić information content (AvgIpc) is 2.61. The summed E-state index contributed by atoms with van der Waals surface area (Å²) in [6.07, 6.45) is 4.61. The highest BCUT2D eigenvalue weighted by molar-refractivity contribution is 7.11. The van der Waals surface area contributed by atoms with E-state index < -0.39 is 0 Å². The van der Waals surface area contributed by atoms with E-state index in [1.165, 1.54) is 28.4 Å². The molecule has 2 atom stereocenters. The van der Waals surface area contributed by atoms with E-state index in [9.17, 15) is 0 Å². The molecule has 1 aromatic rings. The van der Waals surface area contributed by atoms with E-state index >= 15 is 0 Å². The molecule has 2 unspecified atom stereocenters. The molecule has 0 aliphatic heterocycles. The zero-order valence-corrected chi connectivity index (χ0v) is 9.73. The Bertz CT molecular complexity index is 319. The quantitative estimate of drug-likeness (QED) is 0.815. The van der Waals surface area contributed by atoms with Crippen LogP contribution in [0, 0.1) is 5.92 Å². The van der Waals surface area contributed by atoms with E-state index in [-0.39, 0.29) is 6.04 Å². The maximum absolute atomic E-state index is 6.12. The van der Waals surface area contributed by atoms with Gasteiger partial charge in [0.2, 0.25) is 0 Å². The van der Waals surface area contributed by atoms with Crippen LogP contribution in [-0.2, 0) is 12.8 Å². The Morgan fingerprint density at radius 2 is 2.29 bits per heavy atom. The summed E-state index contributed by atoms with van der Waals surface area (Å²) >= 11 is 1.87. The first kappa shape index (κ1) is 10.1. The van der Waals surface area contributed by atoms with Gasteiger partial charge < -0.3 is 5.73 Å². The second kappa shape index (κ2) is 3.99. The first-order chi connectivity index (χ1) is 6.74. The predicted molar refractivity (Wildman–Crippen MR) is 60.5 cm³/mol. The Morgan fingerprint density at radius 3 is 2.93 bits per heavy atom. The van der Waals surface area contributed by atoms with Gasteiger partial charge in [-0.1, -0.05) is 20.3 Å². The highest BCUT2D eigenvalue weighted by atomic mass is 32.1. The number of hydrogen-bond acceptors (Lipinski definition) is 3. The molecule has 0 amide bonds. The van der Waals surface area contributed by atoms with Gasteiger partial charge in [0, 0.05) is 10.9 Å². The molecule has 1 aliphatic carbocycles. The van der Waals surface area contributed by atoms with E-state index in [4.69, 9.17) is 5.73 Å². The lowest BCUT2D eigenvalue weighted by Crippen LogP contribution is -2.23. The molecule has 2 rings (SSSR count). The molecule has 0 saturated heterocycles. The van der Waals surface area contributed by atoms with Crippen molar-refractivity contribution in [3.05, 3.63) is 15.6 Å². The second-order valence-corrected chi connectivity index (χ2v) is 5.26. The van der Waals surface area contributed by atoms with Crippen molar-refractivity contribution in [2.24, 2.45) is 11.7 Å². The molecule has 2 nitrogen and oxygen atoms in total. The predicted octanol–water partition coefficient (Wildman–Crippen LogP) is 2.68. The molecule has 0 bridgehead atoms. The van der Waals surface area contributed by atoms with Gasteiger partial charge in [0.05, 0.1) is 10.7 Å². The van der Waals surface area contributed by atoms with Crippen LogP contribution in [0.4, 0.5) is 0 Å². The molecular formula is C11H18N2S. The van der Waals surface area contributed by atoms with Gasteiger partial charge in [-0.05, 0) is 25.2 Å². The molecular weight excluding hydrogens is 192 g/mol. The summed E-state index contributed by atoms with van der Waals surface area (Å²) < 4.78 is 0. The van der Waals surface area contributed by atoms with Crippen LogP contribution < -0.4 is 5.73 Å². The van der Waals surface area contributed by atoms with E-state index in [2.05, 4.69) is 18.8 Å². The Balaban J connectivity index is 2.28. The minimum atomic E-state index is 0.195. The van der Waals surface area contributed by atoms with Crippen molar-refractivity contribution in [3.8, 4) is 0 Å². The number of nitrogens with two attached hydrogens (primary N) is 1. The van der Waals surface area contributed by atoms with Gasteiger partial charge in [-0.3, -0.25) is 0 Å². The summed E-state index contributed by atoms with van der Waals surface area (Å²) in [5.74, 6) is 0.780. The Hall–Kier alpha value is -0.410. The Kier molecular flexibility index (Phi) is 2.88. The van der Waals surface area contributed by atoms with Gasteiger partial charge in [0.1, 0.15) is 0 Å². The second-order valence-electron chi connectivity index (χ2n) is 4.09. The number of rotatable bonds is 2. The summed E-state index contributed by atoms with van der Waals surface area (Å²) in [6, 6.07) is 0.195. The van der Waals surface area contributed by atoms with Crippen molar-refractivity contribution >= 4 is 11.3 Å². The minimum absolute atomic E-state index is 0.195. The lowest BCUT2D eigenvalue weighted by Gasteiger charge is -2.24. The highest BCUT2D eigenvalue weighted by Gasteiger charge is 2.26. The van der Waals surface area contributed by atoms with Crippen LogP contribution in [0.25, 0.3) is 0 Å². The van der Waals surface area contributed by atoms with E-state index in [0.717, 1.165) is 18.8 Å². The smallest absolute Gasteiger partial charge is 0.0929 e. The van der Waals surface area contributed by atoms with Crippen molar-refractivity contribution < 1.29 is 0 Å². The first-order valence-corrected chi connectivity index (χ1v) is 6.30. The maximum atomic E-state index is 6.12. The number of nitrogens with zero attached hydrogens (tertiary/aromatic N) is 1. The van der Waals surface area contributed by atoms with Crippen LogP contribution >= 0.6 is 11.3 Å². The van der Waals surface area contributed by atoms with Crippen molar-refractivity contribution in [3.63, 3.8) is 0 Å². The third-order valence-electron chi connectivity index (χ3n) is 3.06. The van der Waals surface area contributed by atoms with Gasteiger partial charge in [-0.15, -0.1) is 11.3 Å². The maximum Gasteiger partial charge on any atom is 0.0929 e. The highest BCUT2D eigenvalue weighted by Crippen LogP contribution is 2.36. The molecule has 14 heavy (non-hydrogen) atoms. The monoisotopic (exact) mass is 210 g/mol. The number of fused-ring (bicyclic) bond motifs is 1.